The summed E-state index contributed by atoms with van der Waals surface area (Å²) in [7, 11) is -2.00. The van der Waals surface area contributed by atoms with E-state index in [2.05, 4.69) is 5.32 Å². The molecule has 186 valence electrons. The lowest BCUT2D eigenvalue weighted by molar-refractivity contribution is -0.141. The maximum absolute atomic E-state index is 13.3. The summed E-state index contributed by atoms with van der Waals surface area (Å²) in [5.41, 5.74) is 1.43. The van der Waals surface area contributed by atoms with Gasteiger partial charge in [0.1, 0.15) is 11.8 Å². The Hall–Kier alpha value is -3.07. The third kappa shape index (κ3) is 7.76. The maximum atomic E-state index is 13.3. The van der Waals surface area contributed by atoms with Gasteiger partial charge in [0.05, 0.1) is 19.1 Å². The summed E-state index contributed by atoms with van der Waals surface area (Å²) in [6.07, 6.45) is 2.05. The normalized spacial score (nSPS) is 12.0. The van der Waals surface area contributed by atoms with E-state index in [0.29, 0.717) is 37.4 Å². The summed E-state index contributed by atoms with van der Waals surface area (Å²) in [4.78, 5) is 27.5. The standard InChI is InChI=1S/C25H35N3O5S/c1-5-23(25(30)26-6-2)27(19-20-11-8-7-9-12-20)24(29)13-10-18-28(34(4,31)32)21-14-16-22(33-3)17-15-21/h7-9,11-12,14-17,23H,5-6,10,13,18-19H2,1-4H3,(H,26,30). The van der Waals surface area contributed by atoms with Gasteiger partial charge in [-0.15, -0.1) is 0 Å². The fraction of sp³-hybridized carbons (Fsp3) is 0.440. The number of nitrogens with one attached hydrogen (secondary N) is 1. The molecule has 9 heteroatoms. The third-order valence-corrected chi connectivity index (χ3v) is 6.64. The number of benzene rings is 2. The first kappa shape index (κ1) is 27.2. The van der Waals surface area contributed by atoms with E-state index < -0.39 is 16.1 Å². The van der Waals surface area contributed by atoms with Crippen molar-refractivity contribution in [2.75, 3.05) is 30.8 Å². The largest absolute Gasteiger partial charge is 0.497 e. The first-order chi connectivity index (χ1) is 16.2. The van der Waals surface area contributed by atoms with Crippen LogP contribution in [-0.4, -0.2) is 57.6 Å². The van der Waals surface area contributed by atoms with Gasteiger partial charge in [-0.25, -0.2) is 8.42 Å². The third-order valence-electron chi connectivity index (χ3n) is 5.45. The van der Waals surface area contributed by atoms with Crippen LogP contribution >= 0.6 is 0 Å². The highest BCUT2D eigenvalue weighted by Gasteiger charge is 2.28. The van der Waals surface area contributed by atoms with Crippen LogP contribution in [-0.2, 0) is 26.2 Å². The average Bonchev–Trinajstić information content (AvgIpc) is 2.81. The Kier molecular flexibility index (Phi) is 10.4. The fourth-order valence-electron chi connectivity index (χ4n) is 3.74. The molecule has 2 rings (SSSR count). The molecular formula is C25H35N3O5S. The Balaban J connectivity index is 2.16. The van der Waals surface area contributed by atoms with Gasteiger partial charge in [0.25, 0.3) is 0 Å². The summed E-state index contributed by atoms with van der Waals surface area (Å²) in [6.45, 7) is 4.65. The quantitative estimate of drug-likeness (QED) is 0.466. The fourth-order valence-corrected chi connectivity index (χ4v) is 4.71. The number of sulfonamides is 1. The van der Waals surface area contributed by atoms with Crippen LogP contribution in [0.5, 0.6) is 5.75 Å². The Bertz CT molecular complexity index is 1030. The van der Waals surface area contributed by atoms with Crippen molar-refractivity contribution >= 4 is 27.5 Å². The molecule has 2 aromatic rings. The van der Waals surface area contributed by atoms with Crippen LogP contribution < -0.4 is 14.4 Å². The first-order valence-corrected chi connectivity index (χ1v) is 13.3. The summed E-state index contributed by atoms with van der Waals surface area (Å²) in [5.74, 6) is 0.246. The molecule has 0 saturated carbocycles. The second kappa shape index (κ2) is 13.0. The zero-order valence-electron chi connectivity index (χ0n) is 20.4. The summed E-state index contributed by atoms with van der Waals surface area (Å²) in [5, 5.41) is 2.81. The van der Waals surface area contributed by atoms with Crippen molar-refractivity contribution in [1.29, 1.82) is 0 Å². The van der Waals surface area contributed by atoms with Gasteiger partial charge >= 0.3 is 0 Å². The number of amides is 2. The van der Waals surface area contributed by atoms with Gasteiger partial charge in [-0.2, -0.15) is 0 Å². The van der Waals surface area contributed by atoms with Crippen molar-refractivity contribution in [3.63, 3.8) is 0 Å². The Labute approximate surface area is 202 Å². The van der Waals surface area contributed by atoms with Crippen LogP contribution in [0.15, 0.2) is 54.6 Å². The summed E-state index contributed by atoms with van der Waals surface area (Å²) >= 11 is 0. The number of methoxy groups -OCH3 is 1. The van der Waals surface area contributed by atoms with Crippen LogP contribution in [0.1, 0.15) is 38.7 Å². The lowest BCUT2D eigenvalue weighted by Gasteiger charge is -2.31. The van der Waals surface area contributed by atoms with Gasteiger partial charge in [-0.05, 0) is 49.6 Å². The zero-order valence-corrected chi connectivity index (χ0v) is 21.2. The van der Waals surface area contributed by atoms with Crippen molar-refractivity contribution in [1.82, 2.24) is 10.2 Å². The van der Waals surface area contributed by atoms with E-state index in [1.807, 2.05) is 44.2 Å². The van der Waals surface area contributed by atoms with Crippen LogP contribution in [0.3, 0.4) is 0 Å². The molecule has 0 spiro atoms. The molecule has 0 fully saturated rings. The second-order valence-corrected chi connectivity index (χ2v) is 9.87. The van der Waals surface area contributed by atoms with E-state index in [1.165, 1.54) is 4.31 Å². The molecule has 34 heavy (non-hydrogen) atoms. The minimum absolute atomic E-state index is 0.116. The molecule has 2 amide bonds. The highest BCUT2D eigenvalue weighted by Crippen LogP contribution is 2.22. The SMILES string of the molecule is CCNC(=O)C(CC)N(Cc1ccccc1)C(=O)CCCN(c1ccc(OC)cc1)S(C)(=O)=O. The number of carbonyl (C=O) groups is 2. The van der Waals surface area contributed by atoms with Gasteiger partial charge in [-0.1, -0.05) is 37.3 Å². The molecule has 0 heterocycles. The topological polar surface area (TPSA) is 96.0 Å². The van der Waals surface area contributed by atoms with E-state index in [9.17, 15) is 18.0 Å². The van der Waals surface area contributed by atoms with Crippen molar-refractivity contribution in [2.24, 2.45) is 0 Å². The Morgan fingerprint density at radius 2 is 1.68 bits per heavy atom. The summed E-state index contributed by atoms with van der Waals surface area (Å²) in [6, 6.07) is 15.7. The summed E-state index contributed by atoms with van der Waals surface area (Å²) < 4.78 is 31.2. The molecule has 2 aromatic carbocycles. The van der Waals surface area contributed by atoms with Gasteiger partial charge in [0.15, 0.2) is 0 Å². The number of rotatable bonds is 13. The predicted molar refractivity (Wildman–Crippen MR) is 134 cm³/mol. The van der Waals surface area contributed by atoms with E-state index in [1.54, 1.807) is 36.3 Å². The monoisotopic (exact) mass is 489 g/mol. The van der Waals surface area contributed by atoms with Crippen LogP contribution in [0.4, 0.5) is 5.69 Å². The maximum Gasteiger partial charge on any atom is 0.242 e. The number of likely N-dealkylation sites (N-methyl/N-ethyl adjacent to an activating group) is 1. The zero-order chi connectivity index (χ0) is 25.1. The molecule has 0 radical (unpaired) electrons. The molecule has 8 nitrogen and oxygen atoms in total. The molecule has 0 bridgehead atoms. The van der Waals surface area contributed by atoms with Crippen LogP contribution in [0, 0.1) is 0 Å². The highest BCUT2D eigenvalue weighted by atomic mass is 32.2. The number of carbonyl (C=O) groups excluding carboxylic acids is 2. The molecular weight excluding hydrogens is 454 g/mol. The molecule has 1 N–H and O–H groups in total. The lowest BCUT2D eigenvalue weighted by Crippen LogP contribution is -2.49. The van der Waals surface area contributed by atoms with Gasteiger partial charge in [-0.3, -0.25) is 13.9 Å². The Morgan fingerprint density at radius 1 is 1.03 bits per heavy atom. The first-order valence-electron chi connectivity index (χ1n) is 11.4. The molecule has 0 aromatic heterocycles. The van der Waals surface area contributed by atoms with Gasteiger partial charge in [0, 0.05) is 26.1 Å². The molecule has 0 aliphatic heterocycles. The second-order valence-electron chi connectivity index (χ2n) is 7.96. The molecule has 1 atom stereocenters. The number of anilines is 1. The van der Waals surface area contributed by atoms with Crippen molar-refractivity contribution in [3.8, 4) is 5.75 Å². The number of hydrogen-bond donors (Lipinski definition) is 1. The number of ether oxygens (including phenoxy) is 1. The minimum atomic E-state index is -3.54. The van der Waals surface area contributed by atoms with Gasteiger partial charge < -0.3 is 15.0 Å². The van der Waals surface area contributed by atoms with Gasteiger partial charge in [0.2, 0.25) is 21.8 Å². The molecule has 0 saturated heterocycles. The lowest BCUT2D eigenvalue weighted by atomic mass is 10.1. The molecule has 1 unspecified atom stereocenters. The van der Waals surface area contributed by atoms with Crippen LogP contribution in [0.2, 0.25) is 0 Å². The van der Waals surface area contributed by atoms with Crippen LogP contribution in [0.25, 0.3) is 0 Å². The predicted octanol–water partition coefficient (Wildman–Crippen LogP) is 3.18. The van der Waals surface area contributed by atoms with Crippen molar-refractivity contribution < 1.29 is 22.7 Å². The van der Waals surface area contributed by atoms with E-state index in [-0.39, 0.29) is 24.8 Å². The number of hydrogen-bond acceptors (Lipinski definition) is 5. The molecule has 0 aliphatic carbocycles. The number of nitrogens with zero attached hydrogens (tertiary/aromatic N) is 2. The van der Waals surface area contributed by atoms with E-state index in [0.717, 1.165) is 11.8 Å². The average molecular weight is 490 g/mol. The smallest absolute Gasteiger partial charge is 0.242 e. The Morgan fingerprint density at radius 3 is 2.21 bits per heavy atom. The minimum Gasteiger partial charge on any atom is -0.497 e. The molecule has 0 aliphatic rings. The highest BCUT2D eigenvalue weighted by molar-refractivity contribution is 7.92. The van der Waals surface area contributed by atoms with Crippen molar-refractivity contribution in [2.45, 2.75) is 45.7 Å². The van der Waals surface area contributed by atoms with E-state index in [4.69, 9.17) is 4.74 Å². The van der Waals surface area contributed by atoms with E-state index >= 15 is 0 Å². The van der Waals surface area contributed by atoms with Crippen molar-refractivity contribution in [3.05, 3.63) is 60.2 Å².